The van der Waals surface area contributed by atoms with Crippen molar-refractivity contribution in [1.29, 1.82) is 0 Å². The highest BCUT2D eigenvalue weighted by atomic mass is 35.5. The number of benzene rings is 1. The van der Waals surface area contributed by atoms with Gasteiger partial charge in [-0.05, 0) is 37.3 Å². The number of nitrogens with one attached hydrogen (secondary N) is 1. The van der Waals surface area contributed by atoms with Crippen molar-refractivity contribution in [2.24, 2.45) is 0 Å². The Hall–Kier alpha value is -2.29. The van der Waals surface area contributed by atoms with Gasteiger partial charge in [0, 0.05) is 10.4 Å². The smallest absolute Gasteiger partial charge is 0.267 e. The van der Waals surface area contributed by atoms with Gasteiger partial charge < -0.3 is 0 Å². The Balaban J connectivity index is 1.74. The van der Waals surface area contributed by atoms with Gasteiger partial charge in [0.1, 0.15) is 10.3 Å². The minimum Gasteiger partial charge on any atom is -0.296 e. The summed E-state index contributed by atoms with van der Waals surface area (Å²) < 4.78 is 1.83. The van der Waals surface area contributed by atoms with E-state index in [1.807, 2.05) is 41.9 Å². The molecule has 0 unspecified atom stereocenters. The molecule has 0 aliphatic carbocycles. The second kappa shape index (κ2) is 5.97. The Kier molecular flexibility index (Phi) is 3.79. The summed E-state index contributed by atoms with van der Waals surface area (Å²) in [6.07, 6.45) is 0. The van der Waals surface area contributed by atoms with E-state index in [1.165, 1.54) is 22.7 Å². The topological polar surface area (TPSA) is 72.7 Å². The highest BCUT2D eigenvalue weighted by molar-refractivity contribution is 7.20. The molecule has 0 aliphatic rings. The summed E-state index contributed by atoms with van der Waals surface area (Å²) in [4.78, 5) is 13.9. The largest absolute Gasteiger partial charge is 0.296 e. The number of hydrogen-bond donors (Lipinski definition) is 1. The van der Waals surface area contributed by atoms with Crippen molar-refractivity contribution in [3.05, 3.63) is 51.4 Å². The lowest BCUT2D eigenvalue weighted by Gasteiger charge is -2.02. The van der Waals surface area contributed by atoms with Gasteiger partial charge >= 0.3 is 0 Å². The second-order valence-electron chi connectivity index (χ2n) is 5.00. The maximum Gasteiger partial charge on any atom is 0.267 e. The van der Waals surface area contributed by atoms with E-state index in [9.17, 15) is 4.79 Å². The molecule has 120 valence electrons. The van der Waals surface area contributed by atoms with Gasteiger partial charge in [0.05, 0.1) is 16.3 Å². The van der Waals surface area contributed by atoms with E-state index < -0.39 is 0 Å². The first-order valence-corrected chi connectivity index (χ1v) is 9.02. The van der Waals surface area contributed by atoms with Gasteiger partial charge in [-0.25, -0.2) is 4.68 Å². The van der Waals surface area contributed by atoms with Gasteiger partial charge in [-0.2, -0.15) is 5.10 Å². The van der Waals surface area contributed by atoms with Crippen molar-refractivity contribution in [2.75, 3.05) is 5.32 Å². The SMILES string of the molecule is Cc1nn(-c2ccc(Cl)cc2)c2sc(C(=O)Nc3nncs3)cc12. The monoisotopic (exact) mass is 375 g/mol. The molecule has 0 saturated heterocycles. The van der Waals surface area contributed by atoms with Crippen LogP contribution in [-0.4, -0.2) is 25.9 Å². The van der Waals surface area contributed by atoms with Crippen LogP contribution in [0.1, 0.15) is 15.4 Å². The van der Waals surface area contributed by atoms with Crippen molar-refractivity contribution in [1.82, 2.24) is 20.0 Å². The van der Waals surface area contributed by atoms with E-state index in [0.717, 1.165) is 21.6 Å². The standard InChI is InChI=1S/C15H10ClN5OS2/c1-8-11-6-12(13(22)18-15-19-17-7-23-15)24-14(11)21(20-8)10-4-2-9(16)3-5-10/h2-7H,1H3,(H,18,19,22). The molecule has 0 fully saturated rings. The molecule has 4 rings (SSSR count). The Morgan fingerprint density at radius 2 is 2.08 bits per heavy atom. The van der Waals surface area contributed by atoms with Crippen LogP contribution in [0.15, 0.2) is 35.8 Å². The molecule has 1 amide bonds. The predicted octanol–water partition coefficient (Wildman–Crippen LogP) is 4.15. The summed E-state index contributed by atoms with van der Waals surface area (Å²) in [6, 6.07) is 9.28. The Labute approximate surface area is 149 Å². The van der Waals surface area contributed by atoms with Crippen molar-refractivity contribution >= 4 is 55.5 Å². The van der Waals surface area contributed by atoms with Crippen LogP contribution in [0.2, 0.25) is 5.02 Å². The molecule has 0 saturated carbocycles. The van der Waals surface area contributed by atoms with Crippen LogP contribution in [0.25, 0.3) is 15.9 Å². The van der Waals surface area contributed by atoms with Crippen molar-refractivity contribution in [3.8, 4) is 5.69 Å². The number of carbonyl (C=O) groups is 1. The molecule has 24 heavy (non-hydrogen) atoms. The van der Waals surface area contributed by atoms with Crippen molar-refractivity contribution < 1.29 is 4.79 Å². The van der Waals surface area contributed by atoms with E-state index in [2.05, 4.69) is 20.6 Å². The summed E-state index contributed by atoms with van der Waals surface area (Å²) in [7, 11) is 0. The lowest BCUT2D eigenvalue weighted by Crippen LogP contribution is -2.09. The van der Waals surface area contributed by atoms with Crippen LogP contribution in [0, 0.1) is 6.92 Å². The van der Waals surface area contributed by atoms with Crippen LogP contribution >= 0.6 is 34.3 Å². The van der Waals surface area contributed by atoms with Crippen LogP contribution in [-0.2, 0) is 0 Å². The number of rotatable bonds is 3. The summed E-state index contributed by atoms with van der Waals surface area (Å²) in [5.74, 6) is -0.199. The zero-order valence-electron chi connectivity index (χ0n) is 12.4. The minimum absolute atomic E-state index is 0.199. The molecule has 1 aromatic carbocycles. The van der Waals surface area contributed by atoms with Crippen LogP contribution in [0.5, 0.6) is 0 Å². The van der Waals surface area contributed by atoms with Crippen LogP contribution in [0.3, 0.4) is 0 Å². The number of thiophene rings is 1. The summed E-state index contributed by atoms with van der Waals surface area (Å²) in [5.41, 5.74) is 3.34. The maximum atomic E-state index is 12.4. The Morgan fingerprint density at radius 3 is 2.79 bits per heavy atom. The first-order valence-electron chi connectivity index (χ1n) is 6.94. The summed E-state index contributed by atoms with van der Waals surface area (Å²) in [6.45, 7) is 1.92. The molecule has 0 radical (unpaired) electrons. The lowest BCUT2D eigenvalue weighted by atomic mass is 10.3. The molecule has 0 bridgehead atoms. The molecule has 3 aromatic heterocycles. The van der Waals surface area contributed by atoms with E-state index in [1.54, 1.807) is 5.51 Å². The minimum atomic E-state index is -0.199. The number of aromatic nitrogens is 4. The Bertz CT molecular complexity index is 1020. The quantitative estimate of drug-likeness (QED) is 0.583. The molecule has 0 aliphatic heterocycles. The number of aryl methyl sites for hydroxylation is 1. The first-order chi connectivity index (χ1) is 11.6. The van der Waals surface area contributed by atoms with Crippen LogP contribution < -0.4 is 5.32 Å². The molecule has 6 nitrogen and oxygen atoms in total. The molecular weight excluding hydrogens is 366 g/mol. The summed E-state index contributed by atoms with van der Waals surface area (Å²) >= 11 is 8.61. The molecule has 0 atom stereocenters. The average molecular weight is 376 g/mol. The molecule has 3 heterocycles. The van der Waals surface area contributed by atoms with Gasteiger partial charge in [-0.15, -0.1) is 21.5 Å². The molecule has 4 aromatic rings. The maximum absolute atomic E-state index is 12.4. The number of anilines is 1. The van der Waals surface area contributed by atoms with Gasteiger partial charge in [-0.1, -0.05) is 22.9 Å². The van der Waals surface area contributed by atoms with Gasteiger partial charge in [0.25, 0.3) is 5.91 Å². The van der Waals surface area contributed by atoms with E-state index in [0.29, 0.717) is 15.0 Å². The Morgan fingerprint density at radius 1 is 1.29 bits per heavy atom. The van der Waals surface area contributed by atoms with Crippen molar-refractivity contribution in [2.45, 2.75) is 6.92 Å². The number of carbonyl (C=O) groups excluding carboxylic acids is 1. The van der Waals surface area contributed by atoms with E-state index in [4.69, 9.17) is 11.6 Å². The van der Waals surface area contributed by atoms with Gasteiger partial charge in [-0.3, -0.25) is 10.1 Å². The number of nitrogens with zero attached hydrogens (tertiary/aromatic N) is 4. The van der Waals surface area contributed by atoms with Crippen LogP contribution in [0.4, 0.5) is 5.13 Å². The number of halogens is 1. The molecule has 1 N–H and O–H groups in total. The van der Waals surface area contributed by atoms with Crippen molar-refractivity contribution in [3.63, 3.8) is 0 Å². The second-order valence-corrected chi connectivity index (χ2v) is 7.30. The normalized spacial score (nSPS) is 11.1. The zero-order chi connectivity index (χ0) is 16.7. The number of fused-ring (bicyclic) bond motifs is 1. The molecule has 0 spiro atoms. The number of hydrogen-bond acceptors (Lipinski definition) is 6. The first kappa shape index (κ1) is 15.3. The lowest BCUT2D eigenvalue weighted by molar-refractivity contribution is 0.103. The third kappa shape index (κ3) is 2.68. The summed E-state index contributed by atoms with van der Waals surface area (Å²) in [5, 5.41) is 16.9. The van der Waals surface area contributed by atoms with E-state index in [-0.39, 0.29) is 5.91 Å². The predicted molar refractivity (Wildman–Crippen MR) is 96.6 cm³/mol. The zero-order valence-corrected chi connectivity index (χ0v) is 14.7. The highest BCUT2D eigenvalue weighted by Crippen LogP contribution is 2.31. The fourth-order valence-corrected chi connectivity index (χ4v) is 3.95. The highest BCUT2D eigenvalue weighted by Gasteiger charge is 2.18. The molecular formula is C15H10ClN5OS2. The third-order valence-electron chi connectivity index (χ3n) is 3.42. The average Bonchev–Trinajstić information content (AvgIpc) is 3.27. The number of amides is 1. The third-order valence-corrected chi connectivity index (χ3v) is 5.39. The fourth-order valence-electron chi connectivity index (χ4n) is 2.30. The fraction of sp³-hybridized carbons (Fsp3) is 0.0667. The van der Waals surface area contributed by atoms with E-state index >= 15 is 0 Å². The van der Waals surface area contributed by atoms with Gasteiger partial charge in [0.15, 0.2) is 0 Å². The van der Waals surface area contributed by atoms with Gasteiger partial charge in [0.2, 0.25) is 5.13 Å². The molecule has 9 heteroatoms.